The van der Waals surface area contributed by atoms with E-state index < -0.39 is 0 Å². The smallest absolute Gasteiger partial charge is 0.321 e. The van der Waals surface area contributed by atoms with Gasteiger partial charge in [-0.1, -0.05) is 30.3 Å². The van der Waals surface area contributed by atoms with Crippen LogP contribution in [0.25, 0.3) is 0 Å². The molecule has 0 fully saturated rings. The van der Waals surface area contributed by atoms with E-state index in [1.54, 1.807) is 23.1 Å². The third-order valence-electron chi connectivity index (χ3n) is 3.87. The summed E-state index contributed by atoms with van der Waals surface area (Å²) in [6.45, 7) is 0.616. The Bertz CT molecular complexity index is 1030. The highest BCUT2D eigenvalue weighted by Crippen LogP contribution is 2.17. The standard InChI is InChI=1S/C20H16N6O2/c27-19(16-10-22-20(23-11-16)28-18-4-2-1-3-5-18)25-17-8-6-15(7-9-17)12-26-14-21-13-24-26/h1-11,13-14H,12H2,(H,25,27). The summed E-state index contributed by atoms with van der Waals surface area (Å²) in [6.07, 6.45) is 6.01. The Kier molecular flexibility index (Phi) is 5.01. The lowest BCUT2D eigenvalue weighted by Gasteiger charge is -2.07. The fraction of sp³-hybridized carbons (Fsp3) is 0.0500. The van der Waals surface area contributed by atoms with Crippen molar-refractivity contribution in [3.63, 3.8) is 0 Å². The van der Waals surface area contributed by atoms with Crippen molar-refractivity contribution in [3.05, 3.63) is 90.8 Å². The first-order valence-corrected chi connectivity index (χ1v) is 8.54. The largest absolute Gasteiger partial charge is 0.424 e. The summed E-state index contributed by atoms with van der Waals surface area (Å²) in [6, 6.07) is 16.9. The maximum absolute atomic E-state index is 12.4. The van der Waals surface area contributed by atoms with E-state index in [4.69, 9.17) is 4.74 Å². The topological polar surface area (TPSA) is 94.8 Å². The van der Waals surface area contributed by atoms with E-state index >= 15 is 0 Å². The van der Waals surface area contributed by atoms with Crippen molar-refractivity contribution in [2.24, 2.45) is 0 Å². The summed E-state index contributed by atoms with van der Waals surface area (Å²) >= 11 is 0. The predicted molar refractivity (Wildman–Crippen MR) is 102 cm³/mol. The molecule has 8 heteroatoms. The Labute approximate surface area is 160 Å². The van der Waals surface area contributed by atoms with E-state index in [1.165, 1.54) is 18.7 Å². The number of hydrogen-bond acceptors (Lipinski definition) is 6. The van der Waals surface area contributed by atoms with Crippen molar-refractivity contribution in [1.29, 1.82) is 0 Å². The molecule has 8 nitrogen and oxygen atoms in total. The maximum Gasteiger partial charge on any atom is 0.321 e. The van der Waals surface area contributed by atoms with Gasteiger partial charge >= 0.3 is 6.01 Å². The van der Waals surface area contributed by atoms with Crippen molar-refractivity contribution in [2.45, 2.75) is 6.54 Å². The predicted octanol–water partition coefficient (Wildman–Crippen LogP) is 3.16. The summed E-state index contributed by atoms with van der Waals surface area (Å²) in [7, 11) is 0. The second kappa shape index (κ2) is 8.09. The van der Waals surface area contributed by atoms with Gasteiger partial charge < -0.3 is 10.1 Å². The minimum absolute atomic E-state index is 0.181. The van der Waals surface area contributed by atoms with Gasteiger partial charge in [-0.2, -0.15) is 5.10 Å². The highest BCUT2D eigenvalue weighted by atomic mass is 16.5. The van der Waals surface area contributed by atoms with Crippen molar-refractivity contribution in [2.75, 3.05) is 5.32 Å². The van der Waals surface area contributed by atoms with E-state index in [-0.39, 0.29) is 11.9 Å². The molecule has 0 bridgehead atoms. The van der Waals surface area contributed by atoms with Crippen molar-refractivity contribution < 1.29 is 9.53 Å². The van der Waals surface area contributed by atoms with Crippen molar-refractivity contribution in [3.8, 4) is 11.8 Å². The molecule has 0 saturated heterocycles. The molecule has 4 aromatic rings. The molecular weight excluding hydrogens is 356 g/mol. The molecule has 28 heavy (non-hydrogen) atoms. The zero-order valence-electron chi connectivity index (χ0n) is 14.8. The average Bonchev–Trinajstić information content (AvgIpc) is 3.24. The molecule has 1 N–H and O–H groups in total. The van der Waals surface area contributed by atoms with E-state index in [9.17, 15) is 4.79 Å². The minimum atomic E-state index is -0.296. The zero-order chi connectivity index (χ0) is 19.2. The summed E-state index contributed by atoms with van der Waals surface area (Å²) in [4.78, 5) is 24.4. The molecule has 1 amide bonds. The number of carbonyl (C=O) groups excluding carboxylic acids is 1. The fourth-order valence-electron chi connectivity index (χ4n) is 2.48. The van der Waals surface area contributed by atoms with Crippen LogP contribution in [0.2, 0.25) is 0 Å². The van der Waals surface area contributed by atoms with Gasteiger partial charge in [-0.15, -0.1) is 0 Å². The van der Waals surface area contributed by atoms with Crippen LogP contribution in [0.1, 0.15) is 15.9 Å². The lowest BCUT2D eigenvalue weighted by Crippen LogP contribution is -2.13. The second-order valence-electron chi connectivity index (χ2n) is 5.91. The lowest BCUT2D eigenvalue weighted by molar-refractivity contribution is 0.102. The normalized spacial score (nSPS) is 10.4. The summed E-state index contributed by atoms with van der Waals surface area (Å²) in [5, 5.41) is 6.89. The Balaban J connectivity index is 1.36. The summed E-state index contributed by atoms with van der Waals surface area (Å²) < 4.78 is 7.25. The Morgan fingerprint density at radius 3 is 2.43 bits per heavy atom. The highest BCUT2D eigenvalue weighted by molar-refractivity contribution is 6.03. The molecule has 2 heterocycles. The monoisotopic (exact) mass is 372 g/mol. The number of rotatable bonds is 6. The van der Waals surface area contributed by atoms with Crippen LogP contribution in [0.5, 0.6) is 11.8 Å². The zero-order valence-corrected chi connectivity index (χ0v) is 14.8. The molecule has 0 aliphatic rings. The number of para-hydroxylation sites is 1. The number of ether oxygens (including phenoxy) is 1. The number of nitrogens with zero attached hydrogens (tertiary/aromatic N) is 5. The quantitative estimate of drug-likeness (QED) is 0.559. The molecule has 138 valence electrons. The third-order valence-corrected chi connectivity index (χ3v) is 3.87. The van der Waals surface area contributed by atoms with Gasteiger partial charge in [0, 0.05) is 18.1 Å². The SMILES string of the molecule is O=C(Nc1ccc(Cn2cncn2)cc1)c1cnc(Oc2ccccc2)nc1. The fourth-order valence-corrected chi connectivity index (χ4v) is 2.48. The van der Waals surface area contributed by atoms with Crippen LogP contribution in [0.4, 0.5) is 5.69 Å². The van der Waals surface area contributed by atoms with Gasteiger partial charge in [0.15, 0.2) is 0 Å². The first-order valence-electron chi connectivity index (χ1n) is 8.54. The second-order valence-corrected chi connectivity index (χ2v) is 5.91. The number of anilines is 1. The van der Waals surface area contributed by atoms with Crippen LogP contribution in [0, 0.1) is 0 Å². The Hall–Kier alpha value is -4.07. The molecule has 0 atom stereocenters. The van der Waals surface area contributed by atoms with Crippen LogP contribution in [0.3, 0.4) is 0 Å². The number of hydrogen-bond donors (Lipinski definition) is 1. The van der Waals surface area contributed by atoms with Crippen LogP contribution in [-0.4, -0.2) is 30.6 Å². The van der Waals surface area contributed by atoms with Crippen LogP contribution >= 0.6 is 0 Å². The molecule has 2 aromatic heterocycles. The van der Waals surface area contributed by atoms with Gasteiger partial charge in [0.25, 0.3) is 5.91 Å². The molecule has 0 radical (unpaired) electrons. The first kappa shape index (κ1) is 17.3. The van der Waals surface area contributed by atoms with Crippen LogP contribution in [0.15, 0.2) is 79.6 Å². The van der Waals surface area contributed by atoms with Gasteiger partial charge in [-0.3, -0.25) is 4.79 Å². The molecule has 4 rings (SSSR count). The lowest BCUT2D eigenvalue weighted by atomic mass is 10.2. The van der Waals surface area contributed by atoms with E-state index in [0.717, 1.165) is 5.56 Å². The van der Waals surface area contributed by atoms with Gasteiger partial charge in [0.05, 0.1) is 12.1 Å². The molecule has 0 spiro atoms. The van der Waals surface area contributed by atoms with E-state index in [2.05, 4.69) is 25.4 Å². The average molecular weight is 372 g/mol. The Morgan fingerprint density at radius 2 is 1.75 bits per heavy atom. The van der Waals surface area contributed by atoms with Crippen molar-refractivity contribution >= 4 is 11.6 Å². The molecular formula is C20H16N6O2. The highest BCUT2D eigenvalue weighted by Gasteiger charge is 2.09. The van der Waals surface area contributed by atoms with Gasteiger partial charge in [-0.25, -0.2) is 19.6 Å². The molecule has 0 unspecified atom stereocenters. The first-order chi connectivity index (χ1) is 13.8. The Morgan fingerprint density at radius 1 is 1.00 bits per heavy atom. The van der Waals surface area contributed by atoms with Gasteiger partial charge in [0.2, 0.25) is 0 Å². The summed E-state index contributed by atoms with van der Waals surface area (Å²) in [5.74, 6) is 0.334. The van der Waals surface area contributed by atoms with Crippen molar-refractivity contribution in [1.82, 2.24) is 24.7 Å². The third kappa shape index (κ3) is 4.36. The molecule has 0 aliphatic carbocycles. The molecule has 0 aliphatic heterocycles. The van der Waals surface area contributed by atoms with Gasteiger partial charge in [0.1, 0.15) is 18.4 Å². The van der Waals surface area contributed by atoms with Crippen LogP contribution < -0.4 is 10.1 Å². The number of carbonyl (C=O) groups is 1. The number of benzene rings is 2. The van der Waals surface area contributed by atoms with E-state index in [1.807, 2.05) is 42.5 Å². The summed E-state index contributed by atoms with van der Waals surface area (Å²) in [5.41, 5.74) is 2.07. The van der Waals surface area contributed by atoms with Gasteiger partial charge in [-0.05, 0) is 29.8 Å². The number of aromatic nitrogens is 5. The number of amides is 1. The number of nitrogens with one attached hydrogen (secondary N) is 1. The van der Waals surface area contributed by atoms with Crippen LogP contribution in [-0.2, 0) is 6.54 Å². The molecule has 2 aromatic carbocycles. The maximum atomic E-state index is 12.4. The minimum Gasteiger partial charge on any atom is -0.424 e. The molecule has 0 saturated carbocycles. The van der Waals surface area contributed by atoms with E-state index in [0.29, 0.717) is 23.5 Å².